The highest BCUT2D eigenvalue weighted by Gasteiger charge is 2.26. The van der Waals surface area contributed by atoms with Crippen molar-refractivity contribution in [3.05, 3.63) is 17.2 Å². The van der Waals surface area contributed by atoms with Gasteiger partial charge in [-0.05, 0) is 32.6 Å². The second-order valence-electron chi connectivity index (χ2n) is 6.58. The van der Waals surface area contributed by atoms with Gasteiger partial charge in [-0.1, -0.05) is 12.8 Å². The lowest BCUT2D eigenvalue weighted by Crippen LogP contribution is -2.39. The Morgan fingerprint density at radius 1 is 1.30 bits per heavy atom. The summed E-state index contributed by atoms with van der Waals surface area (Å²) >= 11 is 0. The number of hydrogen-bond donors (Lipinski definition) is 1. The number of aryl methyl sites for hydroxylation is 2. The number of esters is 1. The van der Waals surface area contributed by atoms with Crippen molar-refractivity contribution in [1.82, 2.24) is 14.9 Å². The second kappa shape index (κ2) is 7.15. The predicted octanol–water partition coefficient (Wildman–Crippen LogP) is 1.91. The summed E-state index contributed by atoms with van der Waals surface area (Å²) < 4.78 is 5.60. The van der Waals surface area contributed by atoms with Gasteiger partial charge in [-0.3, -0.25) is 9.59 Å². The van der Waals surface area contributed by atoms with E-state index in [0.717, 1.165) is 55.7 Å². The molecule has 1 atom stereocenters. The normalized spacial score (nSPS) is 22.2. The Morgan fingerprint density at radius 3 is 3.00 bits per heavy atom. The molecule has 1 unspecified atom stereocenters. The van der Waals surface area contributed by atoms with E-state index >= 15 is 0 Å². The van der Waals surface area contributed by atoms with Crippen LogP contribution in [0.5, 0.6) is 0 Å². The van der Waals surface area contributed by atoms with Crippen LogP contribution in [-0.4, -0.2) is 45.9 Å². The number of nitrogens with one attached hydrogen (secondary N) is 1. The number of rotatable bonds is 3. The van der Waals surface area contributed by atoms with Crippen LogP contribution in [0.2, 0.25) is 0 Å². The number of aromatic nitrogens is 2. The molecule has 0 aromatic carbocycles. The molecule has 1 N–H and O–H groups in total. The third kappa shape index (κ3) is 4.12. The van der Waals surface area contributed by atoms with Crippen molar-refractivity contribution < 1.29 is 14.3 Å². The largest absolute Gasteiger partial charge is 0.461 e. The zero-order valence-corrected chi connectivity index (χ0v) is 13.8. The Hall–Kier alpha value is -1.85. The molecule has 23 heavy (non-hydrogen) atoms. The van der Waals surface area contributed by atoms with E-state index < -0.39 is 0 Å². The lowest BCUT2D eigenvalue weighted by Gasteiger charge is -2.26. The molecule has 126 valence electrons. The van der Waals surface area contributed by atoms with Gasteiger partial charge in [0.1, 0.15) is 18.5 Å². The Morgan fingerprint density at radius 2 is 2.13 bits per heavy atom. The van der Waals surface area contributed by atoms with Gasteiger partial charge in [-0.2, -0.15) is 0 Å². The van der Waals surface area contributed by atoms with Gasteiger partial charge in [0.25, 0.3) is 0 Å². The summed E-state index contributed by atoms with van der Waals surface area (Å²) in [5.41, 5.74) is 2.17. The average Bonchev–Trinajstić information content (AvgIpc) is 2.86. The zero-order valence-electron chi connectivity index (χ0n) is 13.8. The number of hydrogen-bond acceptors (Lipinski definition) is 4. The van der Waals surface area contributed by atoms with Crippen LogP contribution in [0, 0.1) is 6.92 Å². The molecule has 0 bridgehead atoms. The summed E-state index contributed by atoms with van der Waals surface area (Å²) in [6, 6.07) is 0. The van der Waals surface area contributed by atoms with Gasteiger partial charge in [0.15, 0.2) is 0 Å². The maximum absolute atomic E-state index is 12.2. The SMILES string of the molecule is Cc1nc2c([nH]1)CC(OC(=O)CN1CCCCCCC1=O)CC2. The molecule has 6 heteroatoms. The fourth-order valence-corrected chi connectivity index (χ4v) is 3.45. The topological polar surface area (TPSA) is 75.3 Å². The van der Waals surface area contributed by atoms with Crippen LogP contribution in [0.1, 0.15) is 55.7 Å². The van der Waals surface area contributed by atoms with E-state index in [0.29, 0.717) is 19.4 Å². The third-order valence-corrected chi connectivity index (χ3v) is 4.66. The molecule has 1 amide bonds. The molecule has 2 heterocycles. The first-order chi connectivity index (χ1) is 11.1. The van der Waals surface area contributed by atoms with E-state index in [1.165, 1.54) is 0 Å². The fourth-order valence-electron chi connectivity index (χ4n) is 3.45. The molecule has 2 aliphatic rings. The number of carbonyl (C=O) groups excluding carboxylic acids is 2. The van der Waals surface area contributed by atoms with Crippen molar-refractivity contribution in [2.45, 2.75) is 64.4 Å². The highest BCUT2D eigenvalue weighted by atomic mass is 16.5. The first-order valence-electron chi connectivity index (χ1n) is 8.63. The lowest BCUT2D eigenvalue weighted by atomic mass is 9.98. The van der Waals surface area contributed by atoms with Crippen molar-refractivity contribution in [2.24, 2.45) is 0 Å². The van der Waals surface area contributed by atoms with Crippen LogP contribution in [0.4, 0.5) is 0 Å². The minimum atomic E-state index is -0.288. The maximum Gasteiger partial charge on any atom is 0.325 e. The maximum atomic E-state index is 12.2. The molecule has 6 nitrogen and oxygen atoms in total. The highest BCUT2D eigenvalue weighted by molar-refractivity contribution is 5.82. The summed E-state index contributed by atoms with van der Waals surface area (Å²) in [5, 5.41) is 0. The van der Waals surface area contributed by atoms with E-state index in [-0.39, 0.29) is 24.5 Å². The van der Waals surface area contributed by atoms with Gasteiger partial charge in [-0.25, -0.2) is 4.98 Å². The van der Waals surface area contributed by atoms with Gasteiger partial charge in [0.2, 0.25) is 5.91 Å². The Bertz CT molecular complexity index is 582. The van der Waals surface area contributed by atoms with Crippen molar-refractivity contribution in [3.63, 3.8) is 0 Å². The quantitative estimate of drug-likeness (QED) is 0.864. The summed E-state index contributed by atoms with van der Waals surface area (Å²) in [6.45, 7) is 2.69. The van der Waals surface area contributed by atoms with Crippen LogP contribution in [0.25, 0.3) is 0 Å². The molecule has 1 aliphatic heterocycles. The number of carbonyl (C=O) groups is 2. The fraction of sp³-hybridized carbons (Fsp3) is 0.706. The molecule has 0 saturated carbocycles. The third-order valence-electron chi connectivity index (χ3n) is 4.66. The van der Waals surface area contributed by atoms with Crippen LogP contribution in [0.15, 0.2) is 0 Å². The Kier molecular flexibility index (Phi) is 4.98. The van der Waals surface area contributed by atoms with E-state index in [1.54, 1.807) is 4.90 Å². The van der Waals surface area contributed by atoms with Gasteiger partial charge >= 0.3 is 5.97 Å². The highest BCUT2D eigenvalue weighted by Crippen LogP contribution is 2.21. The number of amides is 1. The lowest BCUT2D eigenvalue weighted by molar-refractivity contribution is -0.154. The molecule has 1 aromatic heterocycles. The molecule has 1 aromatic rings. The Balaban J connectivity index is 1.52. The first kappa shape index (κ1) is 16.0. The van der Waals surface area contributed by atoms with Crippen molar-refractivity contribution in [1.29, 1.82) is 0 Å². The van der Waals surface area contributed by atoms with Gasteiger partial charge in [-0.15, -0.1) is 0 Å². The molecule has 1 fully saturated rings. The number of H-pyrrole nitrogens is 1. The summed E-state index contributed by atoms with van der Waals surface area (Å²) in [4.78, 5) is 33.6. The van der Waals surface area contributed by atoms with Gasteiger partial charge in [0, 0.05) is 25.1 Å². The molecular weight excluding hydrogens is 294 g/mol. The van der Waals surface area contributed by atoms with Gasteiger partial charge < -0.3 is 14.6 Å². The van der Waals surface area contributed by atoms with E-state index in [4.69, 9.17) is 4.74 Å². The van der Waals surface area contributed by atoms with Crippen molar-refractivity contribution in [2.75, 3.05) is 13.1 Å². The number of fused-ring (bicyclic) bond motifs is 1. The van der Waals surface area contributed by atoms with Crippen molar-refractivity contribution >= 4 is 11.9 Å². The Labute approximate surface area is 136 Å². The number of aromatic amines is 1. The molecular formula is C17H25N3O3. The number of imidazole rings is 1. The minimum absolute atomic E-state index is 0.0803. The number of ether oxygens (including phenoxy) is 1. The zero-order chi connectivity index (χ0) is 16.2. The number of nitrogens with zero attached hydrogens (tertiary/aromatic N) is 2. The molecule has 0 radical (unpaired) electrons. The second-order valence-corrected chi connectivity index (χ2v) is 6.58. The number of likely N-dealkylation sites (tertiary alicyclic amines) is 1. The standard InChI is InChI=1S/C17H25N3O3/c1-12-18-14-8-7-13(10-15(14)19-12)23-17(22)11-20-9-5-3-2-4-6-16(20)21/h13H,2-11H2,1H3,(H,18,19). The van der Waals surface area contributed by atoms with Crippen LogP contribution in [-0.2, 0) is 27.2 Å². The van der Waals surface area contributed by atoms with Gasteiger partial charge in [0.05, 0.1) is 5.69 Å². The molecule has 3 rings (SSSR count). The summed E-state index contributed by atoms with van der Waals surface area (Å²) in [5.74, 6) is 0.702. The predicted molar refractivity (Wildman–Crippen MR) is 84.9 cm³/mol. The van der Waals surface area contributed by atoms with Crippen LogP contribution >= 0.6 is 0 Å². The minimum Gasteiger partial charge on any atom is -0.461 e. The van der Waals surface area contributed by atoms with Crippen molar-refractivity contribution in [3.8, 4) is 0 Å². The summed E-state index contributed by atoms with van der Waals surface area (Å²) in [6.07, 6.45) is 6.90. The van der Waals surface area contributed by atoms with E-state index in [2.05, 4.69) is 9.97 Å². The molecule has 1 aliphatic carbocycles. The van der Waals surface area contributed by atoms with Crippen LogP contribution in [0.3, 0.4) is 0 Å². The average molecular weight is 319 g/mol. The first-order valence-corrected chi connectivity index (χ1v) is 8.63. The summed E-state index contributed by atoms with van der Waals surface area (Å²) in [7, 11) is 0. The van der Waals surface area contributed by atoms with E-state index in [1.807, 2.05) is 6.92 Å². The van der Waals surface area contributed by atoms with Crippen LogP contribution < -0.4 is 0 Å². The molecule has 1 saturated heterocycles. The smallest absolute Gasteiger partial charge is 0.325 e. The molecule has 0 spiro atoms. The monoisotopic (exact) mass is 319 g/mol. The van der Waals surface area contributed by atoms with E-state index in [9.17, 15) is 9.59 Å².